The number of aromatic nitrogens is 4. The fraction of sp³-hybridized carbons (Fsp3) is 0.314. The van der Waals surface area contributed by atoms with E-state index < -0.39 is 0 Å². The molecule has 6 rings (SSSR count). The normalized spacial score (nSPS) is 15.5. The molecule has 1 aliphatic rings. The molecule has 0 saturated heterocycles. The summed E-state index contributed by atoms with van der Waals surface area (Å²) < 4.78 is 14.5. The van der Waals surface area contributed by atoms with Gasteiger partial charge in [0, 0.05) is 26.1 Å². The SMILES string of the molecule is CCC1c2nc(Cc3ccccc3)c(o2)N(Cc2ccccc2)Cc2cn(nn2)CCCCN1C(=O)COc1ccccc1. The minimum Gasteiger partial charge on any atom is -0.484 e. The Morgan fingerprint density at radius 3 is 2.32 bits per heavy atom. The maximum Gasteiger partial charge on any atom is 0.261 e. The number of benzene rings is 3. The molecule has 1 amide bonds. The maximum absolute atomic E-state index is 13.8. The van der Waals surface area contributed by atoms with Crippen molar-refractivity contribution < 1.29 is 13.9 Å². The van der Waals surface area contributed by atoms with Crippen LogP contribution in [-0.4, -0.2) is 43.9 Å². The summed E-state index contributed by atoms with van der Waals surface area (Å²) in [6.07, 6.45) is 4.91. The first-order valence-electron chi connectivity index (χ1n) is 15.3. The number of hydrogen-bond donors (Lipinski definition) is 0. The van der Waals surface area contributed by atoms with E-state index in [1.807, 2.05) is 82.5 Å². The van der Waals surface area contributed by atoms with Crippen molar-refractivity contribution in [2.24, 2.45) is 0 Å². The highest BCUT2D eigenvalue weighted by atomic mass is 16.5. The number of oxazole rings is 1. The number of para-hydroxylation sites is 1. The van der Waals surface area contributed by atoms with E-state index in [1.54, 1.807) is 0 Å². The summed E-state index contributed by atoms with van der Waals surface area (Å²) in [5, 5.41) is 8.89. The molecule has 1 atom stereocenters. The van der Waals surface area contributed by atoms with Gasteiger partial charge in [0.15, 0.2) is 6.61 Å². The molecule has 9 nitrogen and oxygen atoms in total. The van der Waals surface area contributed by atoms with E-state index in [1.165, 1.54) is 0 Å². The van der Waals surface area contributed by atoms with Crippen molar-refractivity contribution in [2.75, 3.05) is 18.1 Å². The van der Waals surface area contributed by atoms with E-state index in [0.717, 1.165) is 41.9 Å². The fourth-order valence-corrected chi connectivity index (χ4v) is 5.66. The van der Waals surface area contributed by atoms with Crippen molar-refractivity contribution in [3.63, 3.8) is 0 Å². The highest BCUT2D eigenvalue weighted by Crippen LogP contribution is 2.34. The van der Waals surface area contributed by atoms with Crippen LogP contribution in [0.1, 0.15) is 60.6 Å². The molecule has 2 aromatic heterocycles. The third kappa shape index (κ3) is 7.16. The number of anilines is 1. The summed E-state index contributed by atoms with van der Waals surface area (Å²) in [6.45, 7) is 4.41. The monoisotopic (exact) mass is 590 g/mol. The first kappa shape index (κ1) is 29.2. The van der Waals surface area contributed by atoms with Crippen LogP contribution in [0.5, 0.6) is 5.75 Å². The molecule has 226 valence electrons. The Morgan fingerprint density at radius 2 is 1.59 bits per heavy atom. The quantitative estimate of drug-likeness (QED) is 0.212. The molecule has 9 heteroatoms. The molecular weight excluding hydrogens is 552 g/mol. The van der Waals surface area contributed by atoms with E-state index in [9.17, 15) is 4.79 Å². The van der Waals surface area contributed by atoms with Crippen molar-refractivity contribution in [3.05, 3.63) is 126 Å². The molecule has 4 bridgehead atoms. The topological polar surface area (TPSA) is 89.5 Å². The zero-order valence-electron chi connectivity index (χ0n) is 25.1. The third-order valence-corrected chi connectivity index (χ3v) is 7.86. The van der Waals surface area contributed by atoms with Gasteiger partial charge in [0.2, 0.25) is 11.8 Å². The maximum atomic E-state index is 13.8. The first-order valence-corrected chi connectivity index (χ1v) is 15.3. The number of carbonyl (C=O) groups excluding carboxylic acids is 1. The molecule has 0 radical (unpaired) electrons. The summed E-state index contributed by atoms with van der Waals surface area (Å²) in [4.78, 5) is 23.0. The van der Waals surface area contributed by atoms with Gasteiger partial charge in [-0.3, -0.25) is 9.48 Å². The second kappa shape index (κ2) is 14.0. The molecule has 3 heterocycles. The van der Waals surface area contributed by atoms with Gasteiger partial charge in [0.25, 0.3) is 5.91 Å². The Labute approximate surface area is 258 Å². The largest absolute Gasteiger partial charge is 0.484 e. The van der Waals surface area contributed by atoms with Crippen molar-refractivity contribution >= 4 is 11.8 Å². The van der Waals surface area contributed by atoms with Gasteiger partial charge in [-0.15, -0.1) is 5.10 Å². The molecule has 0 spiro atoms. The van der Waals surface area contributed by atoms with Crippen LogP contribution in [0.4, 0.5) is 5.88 Å². The molecule has 0 aliphatic carbocycles. The molecule has 0 fully saturated rings. The Hall–Kier alpha value is -4.92. The number of nitrogens with zero attached hydrogens (tertiary/aromatic N) is 6. The number of hydrogen-bond acceptors (Lipinski definition) is 7. The molecule has 44 heavy (non-hydrogen) atoms. The summed E-state index contributed by atoms with van der Waals surface area (Å²) in [5.74, 6) is 1.80. The van der Waals surface area contributed by atoms with Gasteiger partial charge in [-0.25, -0.2) is 4.98 Å². The predicted molar refractivity (Wildman–Crippen MR) is 168 cm³/mol. The molecular formula is C35H38N6O3. The second-order valence-electron chi connectivity index (χ2n) is 11.1. The molecule has 0 N–H and O–H groups in total. The number of carbonyl (C=O) groups is 1. The minimum absolute atomic E-state index is 0.0580. The number of amides is 1. The van der Waals surface area contributed by atoms with Crippen LogP contribution in [0.3, 0.4) is 0 Å². The van der Waals surface area contributed by atoms with Gasteiger partial charge >= 0.3 is 0 Å². The Morgan fingerprint density at radius 1 is 0.909 bits per heavy atom. The summed E-state index contributed by atoms with van der Waals surface area (Å²) >= 11 is 0. The highest BCUT2D eigenvalue weighted by molar-refractivity contribution is 5.78. The van der Waals surface area contributed by atoms with Crippen LogP contribution in [0.25, 0.3) is 0 Å². The van der Waals surface area contributed by atoms with Crippen LogP contribution in [0.2, 0.25) is 0 Å². The predicted octanol–water partition coefficient (Wildman–Crippen LogP) is 6.22. The number of rotatable bonds is 8. The van der Waals surface area contributed by atoms with Crippen molar-refractivity contribution in [3.8, 4) is 5.75 Å². The molecule has 1 aliphatic heterocycles. The first-order chi connectivity index (χ1) is 21.7. The number of aryl methyl sites for hydroxylation is 1. The van der Waals surface area contributed by atoms with E-state index in [2.05, 4.69) is 46.4 Å². The van der Waals surface area contributed by atoms with Crippen molar-refractivity contribution in [1.82, 2.24) is 24.9 Å². The Balaban J connectivity index is 1.39. The second-order valence-corrected chi connectivity index (χ2v) is 11.1. The zero-order valence-corrected chi connectivity index (χ0v) is 25.1. The average molecular weight is 591 g/mol. The van der Waals surface area contributed by atoms with E-state index in [0.29, 0.717) is 50.0 Å². The summed E-state index contributed by atoms with van der Waals surface area (Å²) in [5.41, 5.74) is 3.97. The summed E-state index contributed by atoms with van der Waals surface area (Å²) in [7, 11) is 0. The van der Waals surface area contributed by atoms with Gasteiger partial charge < -0.3 is 19.0 Å². The van der Waals surface area contributed by atoms with Crippen LogP contribution >= 0.6 is 0 Å². The van der Waals surface area contributed by atoms with E-state index in [-0.39, 0.29) is 18.6 Å². The van der Waals surface area contributed by atoms with Crippen LogP contribution < -0.4 is 9.64 Å². The minimum atomic E-state index is -0.336. The van der Waals surface area contributed by atoms with Gasteiger partial charge in [-0.05, 0) is 42.5 Å². The van der Waals surface area contributed by atoms with Crippen molar-refractivity contribution in [2.45, 2.75) is 58.3 Å². The molecule has 0 saturated carbocycles. The van der Waals surface area contributed by atoms with Crippen molar-refractivity contribution in [1.29, 1.82) is 0 Å². The van der Waals surface area contributed by atoms with E-state index in [4.69, 9.17) is 14.1 Å². The summed E-state index contributed by atoms with van der Waals surface area (Å²) in [6, 6.07) is 29.7. The van der Waals surface area contributed by atoms with Crippen LogP contribution in [-0.2, 0) is 30.8 Å². The fourth-order valence-electron chi connectivity index (χ4n) is 5.66. The lowest BCUT2D eigenvalue weighted by Crippen LogP contribution is -2.39. The number of ether oxygens (including phenoxy) is 1. The third-order valence-electron chi connectivity index (χ3n) is 7.86. The smallest absolute Gasteiger partial charge is 0.261 e. The zero-order chi connectivity index (χ0) is 30.1. The molecule has 3 aromatic carbocycles. The van der Waals surface area contributed by atoms with Crippen LogP contribution in [0.15, 0.2) is 102 Å². The lowest BCUT2D eigenvalue weighted by atomic mass is 10.1. The molecule has 5 aromatic rings. The Bertz CT molecular complexity index is 1620. The molecule has 1 unspecified atom stereocenters. The van der Waals surface area contributed by atoms with E-state index >= 15 is 0 Å². The highest BCUT2D eigenvalue weighted by Gasteiger charge is 2.31. The lowest BCUT2D eigenvalue weighted by molar-refractivity contribution is -0.136. The van der Waals surface area contributed by atoms with Gasteiger partial charge in [-0.2, -0.15) is 0 Å². The van der Waals surface area contributed by atoms with Gasteiger partial charge in [-0.1, -0.05) is 91.0 Å². The Kier molecular flexibility index (Phi) is 9.30. The van der Waals surface area contributed by atoms with Gasteiger partial charge in [0.1, 0.15) is 23.2 Å². The van der Waals surface area contributed by atoms with Gasteiger partial charge in [0.05, 0.1) is 12.7 Å². The average Bonchev–Trinajstić information content (AvgIpc) is 3.69. The van der Waals surface area contributed by atoms with Crippen LogP contribution in [0, 0.1) is 0 Å². The lowest BCUT2D eigenvalue weighted by Gasteiger charge is -2.29. The number of fused-ring (bicyclic) bond motifs is 4. The standard InChI is InChI=1S/C35H38N6O3/c1-2-32-34-36-31(22-27-14-6-3-7-15-27)35(44-34)39(23-28-16-8-4-9-17-28)24-29-25-40(38-37-29)20-12-13-21-41(32)33(42)26-43-30-18-10-5-11-19-30/h3-11,14-19,25,32H,2,12-13,20-24,26H2,1H3.